The average molecular weight is 855 g/mol. The Labute approximate surface area is 388 Å². The third-order valence-electron chi connectivity index (χ3n) is 13.4. The first-order valence-electron chi connectivity index (χ1n) is 22.9. The Kier molecular flexibility index (Phi) is 9.17. The summed E-state index contributed by atoms with van der Waals surface area (Å²) in [5.74, 6) is 0. The van der Waals surface area contributed by atoms with Crippen LogP contribution in [-0.4, -0.2) is 4.57 Å². The number of para-hydroxylation sites is 5. The van der Waals surface area contributed by atoms with Gasteiger partial charge in [0.05, 0.1) is 16.7 Å². The van der Waals surface area contributed by atoms with Crippen LogP contribution in [0, 0.1) is 0 Å². The molecule has 67 heavy (non-hydrogen) atoms. The van der Waals surface area contributed by atoms with Crippen molar-refractivity contribution in [1.29, 1.82) is 0 Å². The van der Waals surface area contributed by atoms with Crippen molar-refractivity contribution in [2.45, 2.75) is 0 Å². The summed E-state index contributed by atoms with van der Waals surface area (Å²) in [5, 5.41) is 7.22. The van der Waals surface area contributed by atoms with E-state index in [1.54, 1.807) is 0 Å². The molecule has 2 aromatic heterocycles. The van der Waals surface area contributed by atoms with E-state index in [4.69, 9.17) is 4.42 Å². The number of rotatable bonds is 8. The van der Waals surface area contributed by atoms with E-state index in [-0.39, 0.29) is 0 Å². The van der Waals surface area contributed by atoms with Gasteiger partial charge >= 0.3 is 0 Å². The molecule has 13 rings (SSSR count). The van der Waals surface area contributed by atoms with E-state index >= 15 is 0 Å². The van der Waals surface area contributed by atoms with Crippen molar-refractivity contribution in [3.8, 4) is 50.2 Å². The van der Waals surface area contributed by atoms with Crippen LogP contribution < -0.4 is 4.90 Å². The van der Waals surface area contributed by atoms with Crippen LogP contribution >= 0.6 is 0 Å². The fraction of sp³-hybridized carbons (Fsp3) is 0. The summed E-state index contributed by atoms with van der Waals surface area (Å²) in [6.07, 6.45) is 0. The Bertz CT molecular complexity index is 3900. The first-order chi connectivity index (χ1) is 33.2. The van der Waals surface area contributed by atoms with E-state index < -0.39 is 0 Å². The summed E-state index contributed by atoms with van der Waals surface area (Å²) in [6.45, 7) is 0. The van der Waals surface area contributed by atoms with Crippen LogP contribution in [0.2, 0.25) is 0 Å². The minimum Gasteiger partial charge on any atom is -0.455 e. The molecule has 11 aromatic carbocycles. The summed E-state index contributed by atoms with van der Waals surface area (Å²) < 4.78 is 9.23. The number of furan rings is 1. The normalized spacial score (nSPS) is 11.6. The van der Waals surface area contributed by atoms with Crippen molar-refractivity contribution in [2.75, 3.05) is 4.90 Å². The summed E-state index contributed by atoms with van der Waals surface area (Å²) in [5.41, 5.74) is 17.7. The number of hydrogen-bond acceptors (Lipinski definition) is 2. The first kappa shape index (κ1) is 38.5. The Morgan fingerprint density at radius 1 is 0.269 bits per heavy atom. The molecule has 0 N–H and O–H groups in total. The monoisotopic (exact) mass is 854 g/mol. The third kappa shape index (κ3) is 6.51. The van der Waals surface area contributed by atoms with Crippen LogP contribution in [0.5, 0.6) is 0 Å². The second-order valence-electron chi connectivity index (χ2n) is 17.2. The molecular formula is C64H42N2O. The topological polar surface area (TPSA) is 21.3 Å². The fourth-order valence-electron chi connectivity index (χ4n) is 10.3. The molecule has 0 aliphatic rings. The highest BCUT2D eigenvalue weighted by Gasteiger charge is 2.19. The smallest absolute Gasteiger partial charge is 0.143 e. The number of fused-ring (bicyclic) bond motifs is 7. The molecule has 0 saturated heterocycles. The molecule has 314 valence electrons. The van der Waals surface area contributed by atoms with Gasteiger partial charge in [-0.05, 0) is 93.2 Å². The van der Waals surface area contributed by atoms with Crippen molar-refractivity contribution in [3.63, 3.8) is 0 Å². The third-order valence-corrected chi connectivity index (χ3v) is 13.4. The molecule has 0 aliphatic carbocycles. The van der Waals surface area contributed by atoms with Crippen molar-refractivity contribution < 1.29 is 4.42 Å². The Balaban J connectivity index is 0.910. The van der Waals surface area contributed by atoms with E-state index in [1.165, 1.54) is 49.3 Å². The van der Waals surface area contributed by atoms with Gasteiger partial charge in [0.2, 0.25) is 0 Å². The minimum atomic E-state index is 0.895. The van der Waals surface area contributed by atoms with E-state index in [0.29, 0.717) is 0 Å². The molecule has 13 aromatic rings. The Hall–Kier alpha value is -8.92. The van der Waals surface area contributed by atoms with Crippen LogP contribution in [0.15, 0.2) is 259 Å². The predicted octanol–water partition coefficient (Wildman–Crippen LogP) is 18.0. The lowest BCUT2D eigenvalue weighted by Gasteiger charge is -2.26. The molecule has 0 amide bonds. The van der Waals surface area contributed by atoms with Gasteiger partial charge in [-0.15, -0.1) is 0 Å². The van der Waals surface area contributed by atoms with Gasteiger partial charge in [0.25, 0.3) is 0 Å². The van der Waals surface area contributed by atoms with E-state index in [1.807, 2.05) is 0 Å². The quantitative estimate of drug-likeness (QED) is 0.152. The van der Waals surface area contributed by atoms with Crippen LogP contribution in [-0.2, 0) is 0 Å². The van der Waals surface area contributed by atoms with E-state index in [0.717, 1.165) is 72.5 Å². The number of nitrogens with zero attached hydrogens (tertiary/aromatic N) is 2. The highest BCUT2D eigenvalue weighted by atomic mass is 16.3. The lowest BCUT2D eigenvalue weighted by atomic mass is 9.98. The zero-order valence-electron chi connectivity index (χ0n) is 36.6. The van der Waals surface area contributed by atoms with Gasteiger partial charge in [-0.25, -0.2) is 0 Å². The molecule has 0 unspecified atom stereocenters. The van der Waals surface area contributed by atoms with Gasteiger partial charge < -0.3 is 13.9 Å². The lowest BCUT2D eigenvalue weighted by Crippen LogP contribution is -2.09. The van der Waals surface area contributed by atoms with Gasteiger partial charge in [0.15, 0.2) is 0 Å². The van der Waals surface area contributed by atoms with Gasteiger partial charge in [-0.2, -0.15) is 0 Å². The van der Waals surface area contributed by atoms with Gasteiger partial charge in [-0.1, -0.05) is 200 Å². The molecule has 0 atom stereocenters. The van der Waals surface area contributed by atoms with Gasteiger partial charge in [0, 0.05) is 55.3 Å². The zero-order chi connectivity index (χ0) is 44.3. The molecule has 3 nitrogen and oxygen atoms in total. The van der Waals surface area contributed by atoms with Crippen LogP contribution in [0.4, 0.5) is 17.1 Å². The highest BCUT2D eigenvalue weighted by Crippen LogP contribution is 2.43. The first-order valence-corrected chi connectivity index (χ1v) is 22.9. The Morgan fingerprint density at radius 3 is 1.25 bits per heavy atom. The van der Waals surface area contributed by atoms with Crippen molar-refractivity contribution in [1.82, 2.24) is 4.57 Å². The molecule has 0 saturated carbocycles. The predicted molar refractivity (Wildman–Crippen MR) is 282 cm³/mol. The SMILES string of the molecule is c1ccc(-c2cccc3c2oc2c(-c4ccc(N(c5ccc(-c6ccccc6-n6c7ccccc7c7ccccc76)cc5)c5ccc(-c6cccc7ccccc67)cc5)cc4)cccc23)cc1. The number of anilines is 3. The van der Waals surface area contributed by atoms with Crippen LogP contribution in [0.25, 0.3) is 105 Å². The molecule has 3 heteroatoms. The summed E-state index contributed by atoms with van der Waals surface area (Å²) >= 11 is 0. The zero-order valence-corrected chi connectivity index (χ0v) is 36.6. The maximum absolute atomic E-state index is 6.82. The summed E-state index contributed by atoms with van der Waals surface area (Å²) in [4.78, 5) is 2.35. The second kappa shape index (κ2) is 16.0. The largest absolute Gasteiger partial charge is 0.455 e. The standard InChI is InChI=1S/C64H42N2O/c1-2-15-44(16-3-1)54-24-13-26-58-59-27-14-25-55(64(59)67-63(54)58)47-35-41-50(42-36-47)65(48-37-31-45(32-38-48)52-23-12-18-43-17-4-5-19-51(43)52)49-39-33-46(34-40-49)53-20-6-9-28-60(53)66-61-29-10-7-21-56(61)57-22-8-11-30-62(57)66/h1-42H. The van der Waals surface area contributed by atoms with Crippen molar-refractivity contribution in [2.24, 2.45) is 0 Å². The van der Waals surface area contributed by atoms with E-state index in [9.17, 15) is 0 Å². The summed E-state index contributed by atoms with van der Waals surface area (Å²) in [7, 11) is 0. The molecule has 0 bridgehead atoms. The molecule has 2 heterocycles. The molecule has 0 radical (unpaired) electrons. The molecule has 0 aliphatic heterocycles. The fourth-order valence-corrected chi connectivity index (χ4v) is 10.3. The van der Waals surface area contributed by atoms with Crippen molar-refractivity contribution >= 4 is 71.6 Å². The maximum Gasteiger partial charge on any atom is 0.143 e. The summed E-state index contributed by atoms with van der Waals surface area (Å²) in [6, 6.07) is 91.7. The lowest BCUT2D eigenvalue weighted by molar-refractivity contribution is 0.671. The average Bonchev–Trinajstić information content (AvgIpc) is 3.96. The van der Waals surface area contributed by atoms with Gasteiger partial charge in [0.1, 0.15) is 11.2 Å². The molecule has 0 fully saturated rings. The number of aromatic nitrogens is 1. The van der Waals surface area contributed by atoms with Crippen LogP contribution in [0.3, 0.4) is 0 Å². The minimum absolute atomic E-state index is 0.895. The Morgan fingerprint density at radius 2 is 0.657 bits per heavy atom. The highest BCUT2D eigenvalue weighted by molar-refractivity contribution is 6.13. The van der Waals surface area contributed by atoms with Crippen LogP contribution in [0.1, 0.15) is 0 Å². The molecular weight excluding hydrogens is 813 g/mol. The molecule has 0 spiro atoms. The maximum atomic E-state index is 6.82. The van der Waals surface area contributed by atoms with E-state index in [2.05, 4.69) is 264 Å². The van der Waals surface area contributed by atoms with Crippen molar-refractivity contribution in [3.05, 3.63) is 255 Å². The number of benzene rings is 11. The second-order valence-corrected chi connectivity index (χ2v) is 17.2. The van der Waals surface area contributed by atoms with Gasteiger partial charge in [-0.3, -0.25) is 0 Å². The number of hydrogen-bond donors (Lipinski definition) is 0.